The molecule has 3 aromatic rings. The zero-order valence-electron chi connectivity index (χ0n) is 11.4. The molecule has 1 aliphatic carbocycles. The quantitative estimate of drug-likeness (QED) is 0.801. The zero-order chi connectivity index (χ0) is 14.2. The van der Waals surface area contributed by atoms with Crippen molar-refractivity contribution in [3.63, 3.8) is 0 Å². The Morgan fingerprint density at radius 2 is 1.95 bits per heavy atom. The summed E-state index contributed by atoms with van der Waals surface area (Å²) in [6.45, 7) is 0. The molecule has 5 heteroatoms. The molecule has 1 fully saturated rings. The largest absolute Gasteiger partial charge is 0.321 e. The van der Waals surface area contributed by atoms with E-state index in [0.717, 1.165) is 17.0 Å². The summed E-state index contributed by atoms with van der Waals surface area (Å²) >= 11 is 0. The molecule has 4 rings (SSSR count). The maximum Gasteiger partial charge on any atom is 0.276 e. The fraction of sp³-hybridized carbons (Fsp3) is 0.188. The lowest BCUT2D eigenvalue weighted by Crippen LogP contribution is -2.14. The van der Waals surface area contributed by atoms with Crippen molar-refractivity contribution in [1.82, 2.24) is 14.6 Å². The molecule has 0 saturated heterocycles. The summed E-state index contributed by atoms with van der Waals surface area (Å²) in [5.74, 6) is 0.359. The van der Waals surface area contributed by atoms with Gasteiger partial charge in [-0.3, -0.25) is 4.79 Å². The van der Waals surface area contributed by atoms with E-state index in [1.54, 1.807) is 10.6 Å². The van der Waals surface area contributed by atoms with Crippen LogP contribution < -0.4 is 5.32 Å². The predicted molar refractivity (Wildman–Crippen MR) is 79.4 cm³/mol. The molecule has 1 saturated carbocycles. The first-order valence-electron chi connectivity index (χ1n) is 7.02. The number of nitrogens with zero attached hydrogens (tertiary/aromatic N) is 3. The number of anilines is 1. The van der Waals surface area contributed by atoms with Crippen molar-refractivity contribution in [2.75, 3.05) is 5.32 Å². The Labute approximate surface area is 121 Å². The van der Waals surface area contributed by atoms with Gasteiger partial charge in [-0.1, -0.05) is 18.2 Å². The minimum Gasteiger partial charge on any atom is -0.321 e. The van der Waals surface area contributed by atoms with E-state index in [-0.39, 0.29) is 5.91 Å². The van der Waals surface area contributed by atoms with E-state index >= 15 is 0 Å². The fourth-order valence-electron chi connectivity index (χ4n) is 2.31. The standard InChI is InChI=1S/C16H14N4O/c21-16(17-12-4-2-1-3-5-12)13-8-9-15-18-14(11-6-7-11)10-20(15)19-13/h1-5,8-11H,6-7H2,(H,17,21). The number of carbonyl (C=O) groups is 1. The van der Waals surface area contributed by atoms with Gasteiger partial charge in [0.25, 0.3) is 5.91 Å². The van der Waals surface area contributed by atoms with Gasteiger partial charge in [-0.15, -0.1) is 0 Å². The summed E-state index contributed by atoms with van der Waals surface area (Å²) in [6, 6.07) is 12.9. The molecule has 0 bridgehead atoms. The molecule has 0 aliphatic heterocycles. The molecule has 0 radical (unpaired) electrons. The van der Waals surface area contributed by atoms with E-state index in [9.17, 15) is 4.79 Å². The highest BCUT2D eigenvalue weighted by Gasteiger charge is 2.26. The summed E-state index contributed by atoms with van der Waals surface area (Å²) in [4.78, 5) is 16.7. The first-order chi connectivity index (χ1) is 10.3. The monoisotopic (exact) mass is 278 g/mol. The molecular formula is C16H14N4O. The Hall–Kier alpha value is -2.69. The van der Waals surface area contributed by atoms with E-state index < -0.39 is 0 Å². The van der Waals surface area contributed by atoms with Crippen LogP contribution in [0.5, 0.6) is 0 Å². The molecule has 2 aromatic heterocycles. The zero-order valence-corrected chi connectivity index (χ0v) is 11.4. The number of amides is 1. The lowest BCUT2D eigenvalue weighted by Gasteiger charge is -2.04. The van der Waals surface area contributed by atoms with Gasteiger partial charge in [0, 0.05) is 11.6 Å². The summed E-state index contributed by atoms with van der Waals surface area (Å²) < 4.78 is 1.69. The molecule has 5 nitrogen and oxygen atoms in total. The van der Waals surface area contributed by atoms with Gasteiger partial charge >= 0.3 is 0 Å². The fourth-order valence-corrected chi connectivity index (χ4v) is 2.31. The van der Waals surface area contributed by atoms with Gasteiger partial charge in [-0.25, -0.2) is 9.50 Å². The first kappa shape index (κ1) is 12.1. The van der Waals surface area contributed by atoms with Gasteiger partial charge in [0.15, 0.2) is 5.65 Å². The number of imidazole rings is 1. The lowest BCUT2D eigenvalue weighted by molar-refractivity contribution is 0.102. The van der Waals surface area contributed by atoms with Crippen molar-refractivity contribution in [3.8, 4) is 0 Å². The van der Waals surface area contributed by atoms with Crippen molar-refractivity contribution in [1.29, 1.82) is 0 Å². The second kappa shape index (κ2) is 4.70. The Morgan fingerprint density at radius 1 is 1.14 bits per heavy atom. The average Bonchev–Trinajstić information content (AvgIpc) is 3.27. The highest BCUT2D eigenvalue weighted by atomic mass is 16.1. The van der Waals surface area contributed by atoms with Crippen LogP contribution in [0.2, 0.25) is 0 Å². The Bertz CT molecular complexity index is 806. The lowest BCUT2D eigenvalue weighted by atomic mass is 10.3. The second-order valence-corrected chi connectivity index (χ2v) is 5.28. The molecule has 1 N–H and O–H groups in total. The van der Waals surface area contributed by atoms with Crippen LogP contribution >= 0.6 is 0 Å². The van der Waals surface area contributed by atoms with Crippen molar-refractivity contribution in [3.05, 3.63) is 60.0 Å². The number of fused-ring (bicyclic) bond motifs is 1. The van der Waals surface area contributed by atoms with Crippen molar-refractivity contribution in [2.45, 2.75) is 18.8 Å². The van der Waals surface area contributed by atoms with Crippen molar-refractivity contribution >= 4 is 17.2 Å². The SMILES string of the molecule is O=C(Nc1ccccc1)c1ccc2nc(C3CC3)cn2n1. The number of nitrogens with one attached hydrogen (secondary N) is 1. The van der Waals surface area contributed by atoms with E-state index in [0.29, 0.717) is 11.6 Å². The van der Waals surface area contributed by atoms with Crippen LogP contribution in [0, 0.1) is 0 Å². The Balaban J connectivity index is 1.62. The summed E-state index contributed by atoms with van der Waals surface area (Å²) in [7, 11) is 0. The maximum absolute atomic E-state index is 12.2. The molecular weight excluding hydrogens is 264 g/mol. The number of para-hydroxylation sites is 1. The topological polar surface area (TPSA) is 59.3 Å². The number of hydrogen-bond donors (Lipinski definition) is 1. The second-order valence-electron chi connectivity index (χ2n) is 5.28. The first-order valence-corrected chi connectivity index (χ1v) is 7.02. The highest BCUT2D eigenvalue weighted by Crippen LogP contribution is 2.39. The van der Waals surface area contributed by atoms with Crippen LogP contribution in [0.15, 0.2) is 48.7 Å². The summed E-state index contributed by atoms with van der Waals surface area (Å²) in [6.07, 6.45) is 4.32. The molecule has 104 valence electrons. The van der Waals surface area contributed by atoms with Crippen LogP contribution in [0.25, 0.3) is 5.65 Å². The van der Waals surface area contributed by atoms with Gasteiger partial charge in [0.1, 0.15) is 5.69 Å². The van der Waals surface area contributed by atoms with Gasteiger partial charge in [-0.2, -0.15) is 5.10 Å². The van der Waals surface area contributed by atoms with E-state index in [1.807, 2.05) is 42.6 Å². The molecule has 1 aliphatic rings. The maximum atomic E-state index is 12.2. The van der Waals surface area contributed by atoms with E-state index in [2.05, 4.69) is 15.4 Å². The summed E-state index contributed by atoms with van der Waals surface area (Å²) in [5.41, 5.74) is 3.00. The smallest absolute Gasteiger partial charge is 0.276 e. The van der Waals surface area contributed by atoms with Crippen LogP contribution in [0.4, 0.5) is 5.69 Å². The third kappa shape index (κ3) is 2.38. The molecule has 0 atom stereocenters. The number of aromatic nitrogens is 3. The number of carbonyl (C=O) groups excluding carboxylic acids is 1. The number of benzene rings is 1. The van der Waals surface area contributed by atoms with Gasteiger partial charge in [-0.05, 0) is 37.1 Å². The molecule has 0 spiro atoms. The average molecular weight is 278 g/mol. The highest BCUT2D eigenvalue weighted by molar-refractivity contribution is 6.02. The van der Waals surface area contributed by atoms with Gasteiger partial charge < -0.3 is 5.32 Å². The minimum absolute atomic E-state index is 0.218. The molecule has 1 aromatic carbocycles. The third-order valence-corrected chi connectivity index (χ3v) is 3.60. The normalized spacial score (nSPS) is 14.3. The van der Waals surface area contributed by atoms with Crippen LogP contribution in [0.3, 0.4) is 0 Å². The molecule has 0 unspecified atom stereocenters. The van der Waals surface area contributed by atoms with Gasteiger partial charge in [0.05, 0.1) is 11.9 Å². The molecule has 21 heavy (non-hydrogen) atoms. The van der Waals surface area contributed by atoms with E-state index in [1.165, 1.54) is 12.8 Å². The Kier molecular flexibility index (Phi) is 2.70. The van der Waals surface area contributed by atoms with Crippen LogP contribution in [-0.2, 0) is 0 Å². The van der Waals surface area contributed by atoms with Gasteiger partial charge in [0.2, 0.25) is 0 Å². The number of rotatable bonds is 3. The molecule has 2 heterocycles. The number of hydrogen-bond acceptors (Lipinski definition) is 3. The van der Waals surface area contributed by atoms with E-state index in [4.69, 9.17) is 0 Å². The van der Waals surface area contributed by atoms with Crippen LogP contribution in [0.1, 0.15) is 34.9 Å². The molecule has 1 amide bonds. The predicted octanol–water partition coefficient (Wildman–Crippen LogP) is 2.86. The summed E-state index contributed by atoms with van der Waals surface area (Å²) in [5, 5.41) is 7.17. The van der Waals surface area contributed by atoms with Crippen molar-refractivity contribution in [2.24, 2.45) is 0 Å². The van der Waals surface area contributed by atoms with Crippen molar-refractivity contribution < 1.29 is 4.79 Å². The minimum atomic E-state index is -0.218. The third-order valence-electron chi connectivity index (χ3n) is 3.60. The van der Waals surface area contributed by atoms with Crippen LogP contribution in [-0.4, -0.2) is 20.5 Å². The Morgan fingerprint density at radius 3 is 2.71 bits per heavy atom.